The van der Waals surface area contributed by atoms with Crippen LogP contribution in [-0.2, 0) is 9.47 Å². The summed E-state index contributed by atoms with van der Waals surface area (Å²) in [4.78, 5) is 0. The predicted octanol–water partition coefficient (Wildman–Crippen LogP) is 3.73. The number of hydrogen-bond acceptors (Lipinski definition) is 6. The summed E-state index contributed by atoms with van der Waals surface area (Å²) in [5.74, 6) is 4.33. The first kappa shape index (κ1) is 25.4. The first-order valence-electron chi connectivity index (χ1n) is 14.9. The Kier molecular flexibility index (Phi) is 9.22. The standard InChI is InChI=1S/C28H52N4O2/c29-12-10-19-4-1-6-21(14-19)25-17-31-27(33-25)23-8-3-9-24(16-23)28-32-18-26(34-28)22-7-2-5-20(15-22)11-13-30/h19-28,31-32H,1-18,29-30H2. The summed E-state index contributed by atoms with van der Waals surface area (Å²) in [6.07, 6.45) is 19.5. The van der Waals surface area contributed by atoms with Gasteiger partial charge in [-0.25, -0.2) is 0 Å². The molecule has 0 amide bonds. The van der Waals surface area contributed by atoms with Gasteiger partial charge in [-0.15, -0.1) is 0 Å². The van der Waals surface area contributed by atoms with E-state index in [0.29, 0.717) is 24.0 Å². The highest BCUT2D eigenvalue weighted by molar-refractivity contribution is 4.92. The number of rotatable bonds is 8. The van der Waals surface area contributed by atoms with Gasteiger partial charge in [-0.3, -0.25) is 10.6 Å². The van der Waals surface area contributed by atoms with Crippen molar-refractivity contribution in [3.05, 3.63) is 0 Å². The Hall–Kier alpha value is -0.240. The second kappa shape index (κ2) is 12.3. The molecule has 2 saturated heterocycles. The molecule has 0 aromatic carbocycles. The molecule has 6 N–H and O–H groups in total. The highest BCUT2D eigenvalue weighted by Gasteiger charge is 2.42. The highest BCUT2D eigenvalue weighted by Crippen LogP contribution is 2.41. The van der Waals surface area contributed by atoms with Crippen LogP contribution in [0.25, 0.3) is 0 Å². The van der Waals surface area contributed by atoms with Crippen molar-refractivity contribution in [1.29, 1.82) is 0 Å². The van der Waals surface area contributed by atoms with Crippen LogP contribution in [0.2, 0.25) is 0 Å². The van der Waals surface area contributed by atoms with Gasteiger partial charge in [-0.2, -0.15) is 0 Å². The van der Waals surface area contributed by atoms with Crippen molar-refractivity contribution in [3.8, 4) is 0 Å². The van der Waals surface area contributed by atoms with Crippen molar-refractivity contribution in [2.24, 2.45) is 47.0 Å². The molecule has 0 bridgehead atoms. The number of ether oxygens (including phenoxy) is 2. The molecule has 196 valence electrons. The van der Waals surface area contributed by atoms with Crippen molar-refractivity contribution in [1.82, 2.24) is 10.6 Å². The first-order chi connectivity index (χ1) is 16.7. The van der Waals surface area contributed by atoms with Gasteiger partial charge >= 0.3 is 0 Å². The maximum atomic E-state index is 6.72. The van der Waals surface area contributed by atoms with Crippen molar-refractivity contribution >= 4 is 0 Å². The molecule has 0 spiro atoms. The minimum absolute atomic E-state index is 0.246. The molecule has 6 nitrogen and oxygen atoms in total. The van der Waals surface area contributed by atoms with Gasteiger partial charge in [0.25, 0.3) is 0 Å². The molecule has 34 heavy (non-hydrogen) atoms. The third-order valence-corrected chi connectivity index (χ3v) is 10.1. The lowest BCUT2D eigenvalue weighted by molar-refractivity contribution is -0.0699. The molecule has 5 aliphatic rings. The molecule has 5 fully saturated rings. The predicted molar refractivity (Wildman–Crippen MR) is 137 cm³/mol. The fourth-order valence-corrected chi connectivity index (χ4v) is 8.30. The second-order valence-corrected chi connectivity index (χ2v) is 12.4. The Balaban J connectivity index is 1.09. The van der Waals surface area contributed by atoms with Crippen LogP contribution >= 0.6 is 0 Å². The van der Waals surface area contributed by atoms with Gasteiger partial charge < -0.3 is 20.9 Å². The van der Waals surface area contributed by atoms with Gasteiger partial charge in [0.15, 0.2) is 0 Å². The van der Waals surface area contributed by atoms with Gasteiger partial charge in [-0.1, -0.05) is 32.1 Å². The first-order valence-corrected chi connectivity index (χ1v) is 14.9. The Morgan fingerprint density at radius 2 is 1.00 bits per heavy atom. The van der Waals surface area contributed by atoms with Gasteiger partial charge in [0.1, 0.15) is 12.5 Å². The number of nitrogens with one attached hydrogen (secondary N) is 2. The van der Waals surface area contributed by atoms with Gasteiger partial charge in [0.2, 0.25) is 0 Å². The topological polar surface area (TPSA) is 94.6 Å². The van der Waals surface area contributed by atoms with Crippen LogP contribution in [0.1, 0.15) is 89.9 Å². The molecule has 3 aliphatic carbocycles. The van der Waals surface area contributed by atoms with Crippen LogP contribution < -0.4 is 22.1 Å². The summed E-state index contributed by atoms with van der Waals surface area (Å²) >= 11 is 0. The Morgan fingerprint density at radius 1 is 0.559 bits per heavy atom. The van der Waals surface area contributed by atoms with E-state index in [-0.39, 0.29) is 12.5 Å². The van der Waals surface area contributed by atoms with Crippen LogP contribution in [0.3, 0.4) is 0 Å². The van der Waals surface area contributed by atoms with E-state index in [1.807, 2.05) is 0 Å². The highest BCUT2D eigenvalue weighted by atomic mass is 16.5. The van der Waals surface area contributed by atoms with Crippen molar-refractivity contribution in [2.45, 2.75) is 115 Å². The molecule has 10 unspecified atom stereocenters. The molecule has 6 heteroatoms. The maximum Gasteiger partial charge on any atom is 0.111 e. The Bertz CT molecular complexity index is 567. The van der Waals surface area contributed by atoms with Crippen LogP contribution in [0.5, 0.6) is 0 Å². The van der Waals surface area contributed by atoms with Crippen molar-refractivity contribution in [3.63, 3.8) is 0 Å². The summed E-state index contributed by atoms with van der Waals surface area (Å²) < 4.78 is 13.4. The van der Waals surface area contributed by atoms with E-state index < -0.39 is 0 Å². The van der Waals surface area contributed by atoms with Crippen LogP contribution in [0.15, 0.2) is 0 Å². The van der Waals surface area contributed by atoms with E-state index in [1.54, 1.807) is 0 Å². The van der Waals surface area contributed by atoms with E-state index in [4.69, 9.17) is 20.9 Å². The normalized spacial score (nSPS) is 46.1. The van der Waals surface area contributed by atoms with E-state index in [9.17, 15) is 0 Å². The fraction of sp³-hybridized carbons (Fsp3) is 1.00. The average Bonchev–Trinajstić information content (AvgIpc) is 3.56. The molecule has 3 saturated carbocycles. The quantitative estimate of drug-likeness (QED) is 0.426. The number of hydrogen-bond donors (Lipinski definition) is 4. The minimum Gasteiger partial charge on any atom is -0.358 e. The maximum absolute atomic E-state index is 6.72. The molecule has 5 rings (SSSR count). The molecular weight excluding hydrogens is 424 g/mol. The third kappa shape index (κ3) is 6.18. The Labute approximate surface area is 208 Å². The third-order valence-electron chi connectivity index (χ3n) is 10.1. The largest absolute Gasteiger partial charge is 0.358 e. The minimum atomic E-state index is 0.246. The smallest absolute Gasteiger partial charge is 0.111 e. The molecule has 2 heterocycles. The van der Waals surface area contributed by atoms with E-state index >= 15 is 0 Å². The summed E-state index contributed by atoms with van der Waals surface area (Å²) in [7, 11) is 0. The zero-order valence-electron chi connectivity index (χ0n) is 21.5. The lowest BCUT2D eigenvalue weighted by atomic mass is 9.77. The zero-order chi connectivity index (χ0) is 23.3. The molecule has 0 aromatic rings. The lowest BCUT2D eigenvalue weighted by Crippen LogP contribution is -2.40. The van der Waals surface area contributed by atoms with Crippen molar-refractivity contribution in [2.75, 3.05) is 26.2 Å². The van der Waals surface area contributed by atoms with Crippen LogP contribution in [0, 0.1) is 35.5 Å². The monoisotopic (exact) mass is 476 g/mol. The van der Waals surface area contributed by atoms with Crippen LogP contribution in [-0.4, -0.2) is 50.8 Å². The average molecular weight is 477 g/mol. The van der Waals surface area contributed by atoms with Gasteiger partial charge in [-0.05, 0) is 106 Å². The summed E-state index contributed by atoms with van der Waals surface area (Å²) in [5, 5.41) is 7.58. The number of nitrogens with two attached hydrogens (primary N) is 2. The SMILES string of the molecule is NCCC1CCCC(C2CNC(C3CCCC(C4NCC(C5CCCC(CCN)C5)O4)C3)O2)C1. The summed E-state index contributed by atoms with van der Waals surface area (Å²) in [6, 6.07) is 0. The van der Waals surface area contributed by atoms with Crippen LogP contribution in [0.4, 0.5) is 0 Å². The van der Waals surface area contributed by atoms with E-state index in [1.165, 1.54) is 89.9 Å². The van der Waals surface area contributed by atoms with E-state index in [0.717, 1.165) is 49.9 Å². The molecular formula is C28H52N4O2. The molecule has 0 aromatic heterocycles. The second-order valence-electron chi connectivity index (χ2n) is 12.4. The van der Waals surface area contributed by atoms with E-state index in [2.05, 4.69) is 10.6 Å². The lowest BCUT2D eigenvalue weighted by Gasteiger charge is -2.37. The molecule has 0 radical (unpaired) electrons. The van der Waals surface area contributed by atoms with Crippen molar-refractivity contribution < 1.29 is 9.47 Å². The molecule has 2 aliphatic heterocycles. The van der Waals surface area contributed by atoms with Gasteiger partial charge in [0.05, 0.1) is 12.2 Å². The zero-order valence-corrected chi connectivity index (χ0v) is 21.5. The summed E-state index contributed by atoms with van der Waals surface area (Å²) in [5.41, 5.74) is 11.7. The fourth-order valence-electron chi connectivity index (χ4n) is 8.30. The Morgan fingerprint density at radius 3 is 1.47 bits per heavy atom. The molecule has 10 atom stereocenters. The summed E-state index contributed by atoms with van der Waals surface area (Å²) in [6.45, 7) is 3.75. The van der Waals surface area contributed by atoms with Gasteiger partial charge in [0, 0.05) is 13.1 Å².